The van der Waals surface area contributed by atoms with Crippen molar-refractivity contribution >= 4 is 39.2 Å². The molecule has 158 valence electrons. The molecular weight excluding hydrogens is 422 g/mol. The number of ether oxygens (including phenoxy) is 2. The van der Waals surface area contributed by atoms with E-state index in [2.05, 4.69) is 10.3 Å². The van der Waals surface area contributed by atoms with Gasteiger partial charge in [-0.3, -0.25) is 14.2 Å². The van der Waals surface area contributed by atoms with Gasteiger partial charge in [0, 0.05) is 11.9 Å². The number of amides is 1. The SMILES string of the molecule is Cc1sc2nc(SCC(=O)NC(C)c3ccc4c(c3)OCCO4)n(C)c(=O)c2c1C. The van der Waals surface area contributed by atoms with E-state index in [9.17, 15) is 9.59 Å². The van der Waals surface area contributed by atoms with E-state index in [-0.39, 0.29) is 23.3 Å². The lowest BCUT2D eigenvalue weighted by Gasteiger charge is -2.21. The average Bonchev–Trinajstić information content (AvgIpc) is 3.02. The first kappa shape index (κ1) is 20.7. The minimum atomic E-state index is -0.184. The normalized spacial score (nSPS) is 14.0. The standard InChI is InChI=1S/C21H23N3O4S2/c1-11-13(3)30-19-18(11)20(26)24(4)21(23-19)29-10-17(25)22-12(2)14-5-6-15-16(9-14)28-8-7-27-15/h5-6,9,12H,7-8,10H2,1-4H3,(H,22,25). The first-order valence-electron chi connectivity index (χ1n) is 9.63. The zero-order valence-electron chi connectivity index (χ0n) is 17.3. The van der Waals surface area contributed by atoms with Crippen LogP contribution in [0.4, 0.5) is 0 Å². The third-order valence-corrected chi connectivity index (χ3v) is 7.28. The maximum Gasteiger partial charge on any atom is 0.262 e. The highest BCUT2D eigenvalue weighted by atomic mass is 32.2. The number of thiophene rings is 1. The van der Waals surface area contributed by atoms with Gasteiger partial charge in [-0.1, -0.05) is 17.8 Å². The first-order chi connectivity index (χ1) is 14.3. The van der Waals surface area contributed by atoms with Gasteiger partial charge in [-0.05, 0) is 44.0 Å². The number of benzene rings is 1. The molecule has 0 saturated carbocycles. The number of nitrogens with one attached hydrogen (secondary N) is 1. The number of aryl methyl sites for hydroxylation is 2. The number of aromatic nitrogens is 2. The fraction of sp³-hybridized carbons (Fsp3) is 0.381. The Hall–Kier alpha value is -2.52. The van der Waals surface area contributed by atoms with Crippen LogP contribution in [0.25, 0.3) is 10.2 Å². The van der Waals surface area contributed by atoms with E-state index in [4.69, 9.17) is 9.47 Å². The average molecular weight is 446 g/mol. The molecule has 1 aromatic carbocycles. The molecule has 0 aliphatic carbocycles. The summed E-state index contributed by atoms with van der Waals surface area (Å²) in [6.45, 7) is 6.92. The molecule has 3 heterocycles. The van der Waals surface area contributed by atoms with Gasteiger partial charge in [-0.15, -0.1) is 11.3 Å². The van der Waals surface area contributed by atoms with E-state index in [0.29, 0.717) is 29.5 Å². The fourth-order valence-electron chi connectivity index (χ4n) is 3.31. The van der Waals surface area contributed by atoms with Crippen LogP contribution in [0.3, 0.4) is 0 Å². The molecule has 9 heteroatoms. The summed E-state index contributed by atoms with van der Waals surface area (Å²) in [6.07, 6.45) is 0. The summed E-state index contributed by atoms with van der Waals surface area (Å²) in [6, 6.07) is 5.50. The van der Waals surface area contributed by atoms with E-state index in [1.54, 1.807) is 7.05 Å². The third-order valence-electron chi connectivity index (χ3n) is 5.15. The number of fused-ring (bicyclic) bond motifs is 2. The molecule has 1 aliphatic rings. The van der Waals surface area contributed by atoms with Crippen molar-refractivity contribution in [3.63, 3.8) is 0 Å². The second-order valence-corrected chi connectivity index (χ2v) is 9.35. The molecule has 0 saturated heterocycles. The fourth-order valence-corrected chi connectivity index (χ4v) is 5.16. The molecule has 0 fully saturated rings. The molecule has 7 nitrogen and oxygen atoms in total. The summed E-state index contributed by atoms with van der Waals surface area (Å²) in [7, 11) is 1.69. The maximum atomic E-state index is 12.7. The molecule has 0 radical (unpaired) electrons. The number of hydrogen-bond donors (Lipinski definition) is 1. The van der Waals surface area contributed by atoms with Crippen LogP contribution in [0.15, 0.2) is 28.2 Å². The van der Waals surface area contributed by atoms with E-state index >= 15 is 0 Å². The van der Waals surface area contributed by atoms with Crippen molar-refractivity contribution in [1.29, 1.82) is 0 Å². The smallest absolute Gasteiger partial charge is 0.262 e. The lowest BCUT2D eigenvalue weighted by Crippen LogP contribution is -2.29. The molecular formula is C21H23N3O4S2. The minimum Gasteiger partial charge on any atom is -0.486 e. The number of rotatable bonds is 5. The first-order valence-corrected chi connectivity index (χ1v) is 11.4. The van der Waals surface area contributed by atoms with Crippen LogP contribution in [0.2, 0.25) is 0 Å². The number of hydrogen-bond acceptors (Lipinski definition) is 7. The highest BCUT2D eigenvalue weighted by molar-refractivity contribution is 7.99. The zero-order valence-corrected chi connectivity index (χ0v) is 18.9. The molecule has 1 amide bonds. The van der Waals surface area contributed by atoms with Crippen molar-refractivity contribution < 1.29 is 14.3 Å². The van der Waals surface area contributed by atoms with Gasteiger partial charge < -0.3 is 14.8 Å². The summed E-state index contributed by atoms with van der Waals surface area (Å²) in [4.78, 5) is 31.6. The van der Waals surface area contributed by atoms with Gasteiger partial charge in [0.15, 0.2) is 16.7 Å². The molecule has 0 bridgehead atoms. The quantitative estimate of drug-likeness (QED) is 0.479. The van der Waals surface area contributed by atoms with Crippen LogP contribution in [-0.2, 0) is 11.8 Å². The molecule has 2 aromatic heterocycles. The van der Waals surface area contributed by atoms with Gasteiger partial charge in [0.05, 0.1) is 17.2 Å². The second-order valence-electron chi connectivity index (χ2n) is 7.20. The largest absolute Gasteiger partial charge is 0.486 e. The molecule has 1 N–H and O–H groups in total. The van der Waals surface area contributed by atoms with E-state index in [0.717, 1.165) is 26.6 Å². The van der Waals surface area contributed by atoms with Gasteiger partial charge >= 0.3 is 0 Å². The van der Waals surface area contributed by atoms with Gasteiger partial charge in [0.2, 0.25) is 5.91 Å². The van der Waals surface area contributed by atoms with Crippen molar-refractivity contribution in [3.8, 4) is 11.5 Å². The van der Waals surface area contributed by atoms with E-state index < -0.39 is 0 Å². The lowest BCUT2D eigenvalue weighted by molar-refractivity contribution is -0.119. The Morgan fingerprint density at radius 2 is 2.03 bits per heavy atom. The number of carbonyl (C=O) groups is 1. The van der Waals surface area contributed by atoms with Crippen molar-refractivity contribution in [2.75, 3.05) is 19.0 Å². The highest BCUT2D eigenvalue weighted by Crippen LogP contribution is 2.32. The lowest BCUT2D eigenvalue weighted by atomic mass is 10.1. The van der Waals surface area contributed by atoms with E-state index in [1.165, 1.54) is 27.7 Å². The number of carbonyl (C=O) groups excluding carboxylic acids is 1. The number of nitrogens with zero attached hydrogens (tertiary/aromatic N) is 2. The summed E-state index contributed by atoms with van der Waals surface area (Å²) in [5, 5.41) is 4.19. The van der Waals surface area contributed by atoms with E-state index in [1.807, 2.05) is 39.0 Å². The Morgan fingerprint density at radius 3 is 2.80 bits per heavy atom. The monoisotopic (exact) mass is 445 g/mol. The van der Waals surface area contributed by atoms with Crippen LogP contribution in [0.5, 0.6) is 11.5 Å². The van der Waals surface area contributed by atoms with Crippen molar-refractivity contribution in [2.45, 2.75) is 32.0 Å². The van der Waals surface area contributed by atoms with Gasteiger partial charge in [-0.2, -0.15) is 0 Å². The maximum absolute atomic E-state index is 12.7. The molecule has 1 unspecified atom stereocenters. The Kier molecular flexibility index (Phi) is 5.75. The van der Waals surface area contributed by atoms with Crippen LogP contribution in [0.1, 0.15) is 29.0 Å². The zero-order chi connectivity index (χ0) is 21.4. The van der Waals surface area contributed by atoms with Crippen LogP contribution in [-0.4, -0.2) is 34.4 Å². The molecule has 0 spiro atoms. The third kappa shape index (κ3) is 3.91. The Morgan fingerprint density at radius 1 is 1.30 bits per heavy atom. The van der Waals surface area contributed by atoms with Crippen molar-refractivity contribution in [1.82, 2.24) is 14.9 Å². The van der Waals surface area contributed by atoms with Crippen LogP contribution in [0, 0.1) is 13.8 Å². The Labute approximate surface area is 182 Å². The van der Waals surface area contributed by atoms with Crippen LogP contribution >= 0.6 is 23.1 Å². The summed E-state index contributed by atoms with van der Waals surface area (Å²) < 4.78 is 12.7. The van der Waals surface area contributed by atoms with Gasteiger partial charge in [0.25, 0.3) is 5.56 Å². The molecule has 1 aliphatic heterocycles. The minimum absolute atomic E-state index is 0.0746. The predicted octanol–water partition coefficient (Wildman–Crippen LogP) is 3.35. The van der Waals surface area contributed by atoms with Crippen LogP contribution < -0.4 is 20.3 Å². The summed E-state index contributed by atoms with van der Waals surface area (Å²) in [5.74, 6) is 1.46. The number of thioether (sulfide) groups is 1. The van der Waals surface area contributed by atoms with Gasteiger partial charge in [0.1, 0.15) is 18.0 Å². The van der Waals surface area contributed by atoms with Crippen molar-refractivity contribution in [2.24, 2.45) is 7.05 Å². The molecule has 30 heavy (non-hydrogen) atoms. The van der Waals surface area contributed by atoms with Crippen molar-refractivity contribution in [3.05, 3.63) is 44.6 Å². The molecule has 3 aromatic rings. The second kappa shape index (κ2) is 8.31. The predicted molar refractivity (Wildman–Crippen MR) is 119 cm³/mol. The highest BCUT2D eigenvalue weighted by Gasteiger charge is 2.18. The molecule has 4 rings (SSSR count). The molecule has 1 atom stereocenters. The van der Waals surface area contributed by atoms with Gasteiger partial charge in [-0.25, -0.2) is 4.98 Å². The summed E-state index contributed by atoms with van der Waals surface area (Å²) in [5.41, 5.74) is 1.84. The summed E-state index contributed by atoms with van der Waals surface area (Å²) >= 11 is 2.77. The topological polar surface area (TPSA) is 82.4 Å². The Bertz CT molecular complexity index is 1190. The Balaban J connectivity index is 1.44.